The highest BCUT2D eigenvalue weighted by atomic mass is 32.2. The zero-order valence-corrected chi connectivity index (χ0v) is 14.3. The van der Waals surface area contributed by atoms with Gasteiger partial charge in [-0.2, -0.15) is 0 Å². The lowest BCUT2D eigenvalue weighted by atomic mass is 10.2. The standard InChI is InChI=1S/C17H18N2O4S/c1-4-10-18(15-7-5-6-13(2)11-15)24(22,23)17-12-16(19(20)21)9-8-14(17)3/h4-9,11-12H,1,10H2,2-3H3. The van der Waals surface area contributed by atoms with E-state index in [1.54, 1.807) is 25.1 Å². The van der Waals surface area contributed by atoms with Crippen LogP contribution in [-0.4, -0.2) is 19.9 Å². The summed E-state index contributed by atoms with van der Waals surface area (Å²) >= 11 is 0. The molecule has 0 unspecified atom stereocenters. The van der Waals surface area contributed by atoms with Crippen LogP contribution < -0.4 is 4.31 Å². The van der Waals surface area contributed by atoms with Crippen molar-refractivity contribution >= 4 is 21.4 Å². The molecule has 0 fully saturated rings. The average Bonchev–Trinajstić information content (AvgIpc) is 2.52. The van der Waals surface area contributed by atoms with Crippen LogP contribution in [0.5, 0.6) is 0 Å². The van der Waals surface area contributed by atoms with E-state index in [1.165, 1.54) is 22.5 Å². The molecule has 0 amide bonds. The number of hydrogen-bond donors (Lipinski definition) is 0. The highest BCUT2D eigenvalue weighted by Gasteiger charge is 2.27. The number of benzene rings is 2. The van der Waals surface area contributed by atoms with E-state index >= 15 is 0 Å². The second-order valence-electron chi connectivity index (χ2n) is 5.37. The summed E-state index contributed by atoms with van der Waals surface area (Å²) in [7, 11) is -3.96. The molecule has 0 heterocycles. The first-order valence-electron chi connectivity index (χ1n) is 7.22. The summed E-state index contributed by atoms with van der Waals surface area (Å²) in [6.45, 7) is 7.14. The Hall–Kier alpha value is -2.67. The predicted molar refractivity (Wildman–Crippen MR) is 93.7 cm³/mol. The van der Waals surface area contributed by atoms with Crippen molar-refractivity contribution in [3.05, 3.63) is 76.4 Å². The van der Waals surface area contributed by atoms with E-state index in [9.17, 15) is 18.5 Å². The maximum Gasteiger partial charge on any atom is 0.270 e. The Bertz CT molecular complexity index is 891. The minimum atomic E-state index is -3.96. The summed E-state index contributed by atoms with van der Waals surface area (Å²) in [6.07, 6.45) is 1.48. The number of aryl methyl sites for hydroxylation is 2. The molecule has 0 aromatic heterocycles. The molecule has 24 heavy (non-hydrogen) atoms. The quantitative estimate of drug-likeness (QED) is 0.455. The van der Waals surface area contributed by atoms with Crippen molar-refractivity contribution < 1.29 is 13.3 Å². The Morgan fingerprint density at radius 1 is 1.21 bits per heavy atom. The Labute approximate surface area is 141 Å². The van der Waals surface area contributed by atoms with Crippen LogP contribution in [0.15, 0.2) is 60.0 Å². The normalized spacial score (nSPS) is 11.1. The highest BCUT2D eigenvalue weighted by Crippen LogP contribution is 2.28. The first-order chi connectivity index (χ1) is 11.3. The number of nitro groups is 1. The van der Waals surface area contributed by atoms with Gasteiger partial charge in [-0.25, -0.2) is 8.42 Å². The van der Waals surface area contributed by atoms with Gasteiger partial charge in [-0.05, 0) is 37.1 Å². The Morgan fingerprint density at radius 3 is 2.50 bits per heavy atom. The van der Waals surface area contributed by atoms with Crippen molar-refractivity contribution in [1.29, 1.82) is 0 Å². The van der Waals surface area contributed by atoms with Crippen molar-refractivity contribution in [2.24, 2.45) is 0 Å². The monoisotopic (exact) mass is 346 g/mol. The molecule has 0 bridgehead atoms. The smallest absolute Gasteiger partial charge is 0.263 e. The summed E-state index contributed by atoms with van der Waals surface area (Å²) in [5, 5.41) is 11.0. The molecule has 0 spiro atoms. The Balaban J connectivity index is 2.63. The summed E-state index contributed by atoms with van der Waals surface area (Å²) in [4.78, 5) is 10.3. The highest BCUT2D eigenvalue weighted by molar-refractivity contribution is 7.92. The lowest BCUT2D eigenvalue weighted by Crippen LogP contribution is -2.31. The SMILES string of the molecule is C=CCN(c1cccc(C)c1)S(=O)(=O)c1cc([N+](=O)[O-])ccc1C. The van der Waals surface area contributed by atoms with Crippen LogP contribution in [-0.2, 0) is 10.0 Å². The van der Waals surface area contributed by atoms with Gasteiger partial charge in [0.2, 0.25) is 0 Å². The predicted octanol–water partition coefficient (Wildman–Crippen LogP) is 3.59. The van der Waals surface area contributed by atoms with E-state index in [0.717, 1.165) is 11.6 Å². The van der Waals surface area contributed by atoms with E-state index in [1.807, 2.05) is 13.0 Å². The van der Waals surface area contributed by atoms with Gasteiger partial charge in [0.15, 0.2) is 0 Å². The third-order valence-electron chi connectivity index (χ3n) is 3.54. The molecular weight excluding hydrogens is 328 g/mol. The molecule has 0 atom stereocenters. The zero-order valence-electron chi connectivity index (χ0n) is 13.5. The molecule has 2 aromatic rings. The molecule has 0 radical (unpaired) electrons. The summed E-state index contributed by atoms with van der Waals surface area (Å²) < 4.78 is 27.4. The van der Waals surface area contributed by atoms with Crippen LogP contribution in [0.1, 0.15) is 11.1 Å². The van der Waals surface area contributed by atoms with Crippen LogP contribution in [0.4, 0.5) is 11.4 Å². The van der Waals surface area contributed by atoms with Gasteiger partial charge < -0.3 is 0 Å². The molecule has 126 valence electrons. The molecule has 2 rings (SSSR count). The fraction of sp³-hybridized carbons (Fsp3) is 0.176. The number of non-ortho nitro benzene ring substituents is 1. The molecule has 6 nitrogen and oxygen atoms in total. The van der Waals surface area contributed by atoms with Crippen molar-refractivity contribution in [3.8, 4) is 0 Å². The lowest BCUT2D eigenvalue weighted by Gasteiger charge is -2.24. The van der Waals surface area contributed by atoms with Crippen molar-refractivity contribution in [2.45, 2.75) is 18.7 Å². The van der Waals surface area contributed by atoms with Gasteiger partial charge in [-0.3, -0.25) is 14.4 Å². The maximum atomic E-state index is 13.1. The topological polar surface area (TPSA) is 80.5 Å². The molecule has 0 aliphatic carbocycles. The van der Waals surface area contributed by atoms with E-state index in [0.29, 0.717) is 11.3 Å². The largest absolute Gasteiger partial charge is 0.270 e. The van der Waals surface area contributed by atoms with Crippen LogP contribution in [0, 0.1) is 24.0 Å². The second-order valence-corrected chi connectivity index (χ2v) is 7.20. The molecule has 0 aliphatic rings. The van der Waals surface area contributed by atoms with E-state index in [2.05, 4.69) is 6.58 Å². The molecule has 0 aliphatic heterocycles. The van der Waals surface area contributed by atoms with Gasteiger partial charge in [0, 0.05) is 12.1 Å². The number of hydrogen-bond acceptors (Lipinski definition) is 4. The molecule has 0 N–H and O–H groups in total. The molecule has 7 heteroatoms. The Morgan fingerprint density at radius 2 is 1.92 bits per heavy atom. The number of anilines is 1. The molecule has 0 saturated heterocycles. The average molecular weight is 346 g/mol. The summed E-state index contributed by atoms with van der Waals surface area (Å²) in [5.41, 5.74) is 1.58. The number of sulfonamides is 1. The second kappa shape index (κ2) is 6.84. The minimum absolute atomic E-state index is 0.0634. The van der Waals surface area contributed by atoms with Crippen LogP contribution >= 0.6 is 0 Å². The van der Waals surface area contributed by atoms with E-state index < -0.39 is 14.9 Å². The van der Waals surface area contributed by atoms with Gasteiger partial charge in [0.05, 0.1) is 22.1 Å². The first-order valence-corrected chi connectivity index (χ1v) is 8.66. The van der Waals surface area contributed by atoms with Crippen LogP contribution in [0.3, 0.4) is 0 Å². The van der Waals surface area contributed by atoms with Crippen molar-refractivity contribution in [3.63, 3.8) is 0 Å². The maximum absolute atomic E-state index is 13.1. The fourth-order valence-corrected chi connectivity index (χ4v) is 4.02. The van der Waals surface area contributed by atoms with Crippen molar-refractivity contribution in [1.82, 2.24) is 0 Å². The van der Waals surface area contributed by atoms with E-state index in [4.69, 9.17) is 0 Å². The van der Waals surface area contributed by atoms with Gasteiger partial charge in [-0.1, -0.05) is 24.3 Å². The Kier molecular flexibility index (Phi) is 5.04. The van der Waals surface area contributed by atoms with Crippen LogP contribution in [0.2, 0.25) is 0 Å². The molecule has 2 aromatic carbocycles. The van der Waals surface area contributed by atoms with Gasteiger partial charge >= 0.3 is 0 Å². The van der Waals surface area contributed by atoms with Gasteiger partial charge in [0.1, 0.15) is 0 Å². The minimum Gasteiger partial charge on any atom is -0.263 e. The molecule has 0 saturated carbocycles. The third-order valence-corrected chi connectivity index (χ3v) is 5.47. The lowest BCUT2D eigenvalue weighted by molar-refractivity contribution is -0.385. The van der Waals surface area contributed by atoms with Crippen LogP contribution in [0.25, 0.3) is 0 Å². The fourth-order valence-electron chi connectivity index (χ4n) is 2.34. The zero-order chi connectivity index (χ0) is 17.9. The summed E-state index contributed by atoms with van der Waals surface area (Å²) in [6, 6.07) is 10.9. The number of nitrogens with zero attached hydrogens (tertiary/aromatic N) is 2. The van der Waals surface area contributed by atoms with Gasteiger partial charge in [0.25, 0.3) is 15.7 Å². The van der Waals surface area contributed by atoms with Gasteiger partial charge in [-0.15, -0.1) is 6.58 Å². The third kappa shape index (κ3) is 3.46. The number of nitro benzene ring substituents is 1. The van der Waals surface area contributed by atoms with Crippen molar-refractivity contribution in [2.75, 3.05) is 10.8 Å². The first kappa shape index (κ1) is 17.7. The molecular formula is C17H18N2O4S. The number of rotatable bonds is 6. The van der Waals surface area contributed by atoms with E-state index in [-0.39, 0.29) is 17.1 Å². The summed E-state index contributed by atoms with van der Waals surface area (Å²) in [5.74, 6) is 0.